The molecule has 0 saturated heterocycles. The molecule has 3 heteroatoms. The lowest BCUT2D eigenvalue weighted by atomic mass is 10.1. The fraction of sp³-hybridized carbons (Fsp3) is 0.625. The van der Waals surface area contributed by atoms with Gasteiger partial charge in [0.05, 0.1) is 0 Å². The van der Waals surface area contributed by atoms with Crippen LogP contribution in [0.5, 0.6) is 5.75 Å². The minimum Gasteiger partial charge on any atom is -0.489 e. The molecule has 2 nitrogen and oxygen atoms in total. The fourth-order valence-electron chi connectivity index (χ4n) is 2.73. The van der Waals surface area contributed by atoms with E-state index in [2.05, 4.69) is 12.2 Å². The third-order valence-electron chi connectivity index (χ3n) is 3.85. The summed E-state index contributed by atoms with van der Waals surface area (Å²) in [7, 11) is 0. The number of hydrogen-bond donors (Lipinski definition) is 1. The smallest absolute Gasteiger partial charge is 0.129 e. The van der Waals surface area contributed by atoms with E-state index in [0.29, 0.717) is 17.4 Å². The van der Waals surface area contributed by atoms with Gasteiger partial charge in [-0.2, -0.15) is 0 Å². The zero-order valence-electron chi connectivity index (χ0n) is 11.9. The van der Waals surface area contributed by atoms with E-state index in [9.17, 15) is 4.39 Å². The molecule has 1 aliphatic rings. The normalized spacial score (nSPS) is 23.9. The van der Waals surface area contributed by atoms with Gasteiger partial charge >= 0.3 is 0 Å². The second kappa shape index (κ2) is 6.90. The molecule has 0 bridgehead atoms. The first-order valence-corrected chi connectivity index (χ1v) is 7.37. The number of aryl methyl sites for hydroxylation is 1. The Hall–Kier alpha value is -1.09. The molecule has 0 radical (unpaired) electrons. The summed E-state index contributed by atoms with van der Waals surface area (Å²) in [5, 5.41) is 3.50. The van der Waals surface area contributed by atoms with Crippen LogP contribution in [-0.2, 0) is 0 Å². The van der Waals surface area contributed by atoms with Crippen molar-refractivity contribution in [2.45, 2.75) is 58.1 Å². The highest BCUT2D eigenvalue weighted by atomic mass is 19.1. The van der Waals surface area contributed by atoms with Gasteiger partial charge in [-0.15, -0.1) is 0 Å². The number of rotatable bonds is 4. The van der Waals surface area contributed by atoms with Gasteiger partial charge in [-0.05, 0) is 44.4 Å². The van der Waals surface area contributed by atoms with Gasteiger partial charge in [0.1, 0.15) is 17.7 Å². The Labute approximate surface area is 115 Å². The van der Waals surface area contributed by atoms with Gasteiger partial charge in [0, 0.05) is 12.1 Å². The molecule has 1 aromatic carbocycles. The Morgan fingerprint density at radius 2 is 2.05 bits per heavy atom. The number of nitrogens with one attached hydrogen (secondary N) is 1. The van der Waals surface area contributed by atoms with Gasteiger partial charge in [-0.1, -0.05) is 25.8 Å². The SMILES string of the molecule is CCNC1CCCCCC1Oc1ccc(C)c(F)c1. The lowest BCUT2D eigenvalue weighted by Gasteiger charge is -2.27. The summed E-state index contributed by atoms with van der Waals surface area (Å²) < 4.78 is 19.6. The van der Waals surface area contributed by atoms with Crippen molar-refractivity contribution in [3.8, 4) is 5.75 Å². The zero-order valence-corrected chi connectivity index (χ0v) is 11.9. The number of ether oxygens (including phenoxy) is 1. The number of likely N-dealkylation sites (N-methyl/N-ethyl adjacent to an activating group) is 1. The Morgan fingerprint density at radius 3 is 2.79 bits per heavy atom. The first kappa shape index (κ1) is 14.3. The third-order valence-corrected chi connectivity index (χ3v) is 3.85. The monoisotopic (exact) mass is 265 g/mol. The van der Waals surface area contributed by atoms with Crippen LogP contribution in [0.4, 0.5) is 4.39 Å². The lowest BCUT2D eigenvalue weighted by Crippen LogP contribution is -2.42. The first-order valence-electron chi connectivity index (χ1n) is 7.37. The predicted octanol–water partition coefficient (Wildman–Crippen LogP) is 3.82. The summed E-state index contributed by atoms with van der Waals surface area (Å²) in [5.74, 6) is 0.462. The van der Waals surface area contributed by atoms with Crippen LogP contribution in [0.3, 0.4) is 0 Å². The molecular weight excluding hydrogens is 241 g/mol. The minimum atomic E-state index is -0.189. The number of hydrogen-bond acceptors (Lipinski definition) is 2. The fourth-order valence-corrected chi connectivity index (χ4v) is 2.73. The van der Waals surface area contributed by atoms with Crippen molar-refractivity contribution >= 4 is 0 Å². The summed E-state index contributed by atoms with van der Waals surface area (Å²) in [6.45, 7) is 4.84. The molecule has 1 aliphatic carbocycles. The summed E-state index contributed by atoms with van der Waals surface area (Å²) in [5.41, 5.74) is 0.663. The van der Waals surface area contributed by atoms with E-state index in [-0.39, 0.29) is 11.9 Å². The van der Waals surface area contributed by atoms with E-state index in [4.69, 9.17) is 4.74 Å². The van der Waals surface area contributed by atoms with Gasteiger partial charge in [0.2, 0.25) is 0 Å². The molecule has 1 aromatic rings. The second-order valence-electron chi connectivity index (χ2n) is 5.37. The summed E-state index contributed by atoms with van der Waals surface area (Å²) >= 11 is 0. The lowest BCUT2D eigenvalue weighted by molar-refractivity contribution is 0.145. The quantitative estimate of drug-likeness (QED) is 0.836. The maximum atomic E-state index is 13.6. The molecule has 19 heavy (non-hydrogen) atoms. The van der Waals surface area contributed by atoms with Gasteiger partial charge < -0.3 is 10.1 Å². The molecule has 106 valence electrons. The molecule has 0 aromatic heterocycles. The van der Waals surface area contributed by atoms with Crippen LogP contribution in [-0.4, -0.2) is 18.7 Å². The van der Waals surface area contributed by atoms with Gasteiger partial charge in [-0.25, -0.2) is 4.39 Å². The predicted molar refractivity (Wildman–Crippen MR) is 76.1 cm³/mol. The van der Waals surface area contributed by atoms with E-state index in [1.54, 1.807) is 13.0 Å². The third kappa shape index (κ3) is 3.93. The van der Waals surface area contributed by atoms with Gasteiger partial charge in [0.15, 0.2) is 0 Å². The topological polar surface area (TPSA) is 21.3 Å². The van der Waals surface area contributed by atoms with Crippen molar-refractivity contribution in [1.82, 2.24) is 5.32 Å². The molecule has 2 unspecified atom stereocenters. The molecule has 0 spiro atoms. The van der Waals surface area contributed by atoms with E-state index in [1.807, 2.05) is 6.07 Å². The molecule has 1 fully saturated rings. The molecule has 1 saturated carbocycles. The van der Waals surface area contributed by atoms with E-state index >= 15 is 0 Å². The maximum absolute atomic E-state index is 13.6. The van der Waals surface area contributed by atoms with Gasteiger partial charge in [-0.3, -0.25) is 0 Å². The maximum Gasteiger partial charge on any atom is 0.129 e. The average molecular weight is 265 g/mol. The average Bonchev–Trinajstić information content (AvgIpc) is 2.61. The van der Waals surface area contributed by atoms with Crippen molar-refractivity contribution in [2.75, 3.05) is 6.54 Å². The molecule has 0 aliphatic heterocycles. The van der Waals surface area contributed by atoms with E-state index < -0.39 is 0 Å². The van der Waals surface area contributed by atoms with Crippen LogP contribution in [0.25, 0.3) is 0 Å². The molecule has 1 N–H and O–H groups in total. The summed E-state index contributed by atoms with van der Waals surface area (Å²) in [6, 6.07) is 5.54. The van der Waals surface area contributed by atoms with Crippen LogP contribution < -0.4 is 10.1 Å². The van der Waals surface area contributed by atoms with Gasteiger partial charge in [0.25, 0.3) is 0 Å². The van der Waals surface area contributed by atoms with Crippen LogP contribution in [0.15, 0.2) is 18.2 Å². The largest absolute Gasteiger partial charge is 0.489 e. The highest BCUT2D eigenvalue weighted by Crippen LogP contribution is 2.24. The molecule has 2 rings (SSSR count). The van der Waals surface area contributed by atoms with E-state index in [1.165, 1.54) is 25.3 Å². The number of benzene rings is 1. The van der Waals surface area contributed by atoms with Crippen molar-refractivity contribution < 1.29 is 9.13 Å². The Bertz CT molecular complexity index is 408. The highest BCUT2D eigenvalue weighted by Gasteiger charge is 2.24. The molecular formula is C16H24FNO. The van der Waals surface area contributed by atoms with Crippen molar-refractivity contribution in [2.24, 2.45) is 0 Å². The summed E-state index contributed by atoms with van der Waals surface area (Å²) in [4.78, 5) is 0. The van der Waals surface area contributed by atoms with Crippen molar-refractivity contribution in [1.29, 1.82) is 0 Å². The van der Waals surface area contributed by atoms with Crippen LogP contribution in [0, 0.1) is 12.7 Å². The standard InChI is InChI=1S/C16H24FNO/c1-3-18-15-7-5-4-6-8-16(15)19-13-10-9-12(2)14(17)11-13/h9-11,15-16,18H,3-8H2,1-2H3. The van der Waals surface area contributed by atoms with Crippen LogP contribution >= 0.6 is 0 Å². The molecule has 2 atom stereocenters. The minimum absolute atomic E-state index is 0.157. The van der Waals surface area contributed by atoms with Crippen LogP contribution in [0.1, 0.15) is 44.6 Å². The Balaban J connectivity index is 2.06. The molecule has 0 heterocycles. The molecule has 0 amide bonds. The summed E-state index contributed by atoms with van der Waals surface area (Å²) in [6.07, 6.45) is 6.06. The van der Waals surface area contributed by atoms with E-state index in [0.717, 1.165) is 19.4 Å². The van der Waals surface area contributed by atoms with Crippen molar-refractivity contribution in [3.63, 3.8) is 0 Å². The zero-order chi connectivity index (χ0) is 13.7. The Morgan fingerprint density at radius 1 is 1.26 bits per heavy atom. The highest BCUT2D eigenvalue weighted by molar-refractivity contribution is 5.28. The second-order valence-corrected chi connectivity index (χ2v) is 5.37. The van der Waals surface area contributed by atoms with Crippen LogP contribution in [0.2, 0.25) is 0 Å². The first-order chi connectivity index (χ1) is 9.20. The Kier molecular flexibility index (Phi) is 5.20. The van der Waals surface area contributed by atoms with Crippen molar-refractivity contribution in [3.05, 3.63) is 29.6 Å². The number of halogens is 1.